The fourth-order valence-electron chi connectivity index (χ4n) is 3.73. The number of aromatic nitrogens is 4. The van der Waals surface area contributed by atoms with E-state index in [1.54, 1.807) is 13.1 Å². The molecule has 2 aliphatic heterocycles. The molecule has 0 aromatic carbocycles. The zero-order valence-corrected chi connectivity index (χ0v) is 17.0. The van der Waals surface area contributed by atoms with Gasteiger partial charge in [0.25, 0.3) is 5.91 Å². The molecule has 5 heterocycles. The Labute approximate surface area is 180 Å². The number of fused-ring (bicyclic) bond motifs is 1. The molecule has 0 radical (unpaired) electrons. The summed E-state index contributed by atoms with van der Waals surface area (Å²) in [6, 6.07) is 0.603. The molecule has 13 heteroatoms. The molecule has 12 nitrogen and oxygen atoms in total. The highest BCUT2D eigenvalue weighted by atomic mass is 19.1. The van der Waals surface area contributed by atoms with Gasteiger partial charge in [0.1, 0.15) is 24.6 Å². The van der Waals surface area contributed by atoms with Gasteiger partial charge in [0.15, 0.2) is 17.2 Å². The van der Waals surface area contributed by atoms with Gasteiger partial charge in [-0.25, -0.2) is 18.9 Å². The van der Waals surface area contributed by atoms with Crippen LogP contribution in [0.15, 0.2) is 29.8 Å². The highest BCUT2D eigenvalue weighted by Crippen LogP contribution is 2.35. The fourth-order valence-corrected chi connectivity index (χ4v) is 3.73. The highest BCUT2D eigenvalue weighted by molar-refractivity contribution is 6.00. The van der Waals surface area contributed by atoms with Crippen molar-refractivity contribution in [3.05, 3.63) is 52.0 Å². The molecule has 1 N–H and O–H groups in total. The van der Waals surface area contributed by atoms with Crippen molar-refractivity contribution in [1.82, 2.24) is 24.9 Å². The standard InChI is InChI=1S/C19H18FN9O3/c1-10-8-32-19-11(2-12(20)3-22-19)6-28-13(4-23-27-21)9-31-15-7-29-16(26-17(15)28)14(5-24-29)18(30)25-10/h2-3,5,7,10,13H,4,6,8-9H2,1H3,(H,25,30)/t10-,13-/m1/s1. The van der Waals surface area contributed by atoms with E-state index in [1.807, 2.05) is 4.90 Å². The Kier molecular flexibility index (Phi) is 4.86. The molecule has 0 unspecified atom stereocenters. The molecule has 2 bridgehead atoms. The molecule has 1 amide bonds. The molecular formula is C19H18FN9O3. The van der Waals surface area contributed by atoms with Crippen molar-refractivity contribution < 1.29 is 18.7 Å². The second kappa shape index (κ2) is 7.85. The van der Waals surface area contributed by atoms with Gasteiger partial charge in [0.2, 0.25) is 5.88 Å². The van der Waals surface area contributed by atoms with Crippen molar-refractivity contribution in [2.75, 3.05) is 24.7 Å². The number of rotatable bonds is 2. The molecule has 3 aromatic rings. The largest absolute Gasteiger partial charge is 0.486 e. The SMILES string of the molecule is C[C@@H]1COc2ncc(F)cc2CN2c3nc4c(cnn4cc3OC[C@H]2CN=[N+]=[N-])C(=O)N1. The third-order valence-corrected chi connectivity index (χ3v) is 5.27. The number of nitrogens with one attached hydrogen (secondary N) is 1. The molecule has 3 aromatic heterocycles. The maximum absolute atomic E-state index is 14.1. The van der Waals surface area contributed by atoms with E-state index in [-0.39, 0.29) is 55.7 Å². The molecule has 32 heavy (non-hydrogen) atoms. The van der Waals surface area contributed by atoms with Crippen molar-refractivity contribution in [1.29, 1.82) is 0 Å². The number of ether oxygens (including phenoxy) is 2. The third kappa shape index (κ3) is 3.48. The predicted molar refractivity (Wildman–Crippen MR) is 109 cm³/mol. The number of halogens is 1. The second-order valence-electron chi connectivity index (χ2n) is 7.56. The average Bonchev–Trinajstić information content (AvgIpc) is 3.19. The summed E-state index contributed by atoms with van der Waals surface area (Å²) in [7, 11) is 0. The number of pyridine rings is 1. The predicted octanol–water partition coefficient (Wildman–Crippen LogP) is 1.85. The van der Waals surface area contributed by atoms with Crippen LogP contribution in [-0.2, 0) is 6.54 Å². The van der Waals surface area contributed by atoms with E-state index >= 15 is 0 Å². The molecule has 0 aliphatic carbocycles. The first-order chi connectivity index (χ1) is 15.5. The maximum Gasteiger partial charge on any atom is 0.257 e. The normalized spacial score (nSPS) is 20.1. The third-order valence-electron chi connectivity index (χ3n) is 5.27. The van der Waals surface area contributed by atoms with E-state index in [0.29, 0.717) is 22.8 Å². The van der Waals surface area contributed by atoms with Gasteiger partial charge in [-0.3, -0.25) is 4.79 Å². The van der Waals surface area contributed by atoms with Gasteiger partial charge in [-0.2, -0.15) is 5.10 Å². The minimum atomic E-state index is -0.514. The lowest BCUT2D eigenvalue weighted by atomic mass is 10.1. The molecule has 0 saturated carbocycles. The zero-order chi connectivity index (χ0) is 22.2. The minimum Gasteiger partial charge on any atom is -0.486 e. The average molecular weight is 439 g/mol. The van der Waals surface area contributed by atoms with Crippen LogP contribution in [0.25, 0.3) is 16.1 Å². The van der Waals surface area contributed by atoms with Crippen LogP contribution in [0.4, 0.5) is 10.2 Å². The lowest BCUT2D eigenvalue weighted by Crippen LogP contribution is -2.45. The number of amides is 1. The Balaban J connectivity index is 1.70. The number of azide groups is 1. The summed E-state index contributed by atoms with van der Waals surface area (Å²) in [6.07, 6.45) is 4.14. The van der Waals surface area contributed by atoms with Crippen molar-refractivity contribution >= 4 is 17.4 Å². The Morgan fingerprint density at radius 1 is 1.38 bits per heavy atom. The number of carbonyl (C=O) groups is 1. The van der Waals surface area contributed by atoms with Crippen LogP contribution in [0.2, 0.25) is 0 Å². The number of hydrogen-bond donors (Lipinski definition) is 1. The summed E-state index contributed by atoms with van der Waals surface area (Å²) in [4.78, 5) is 26.3. The van der Waals surface area contributed by atoms with E-state index in [4.69, 9.17) is 15.0 Å². The van der Waals surface area contributed by atoms with Gasteiger partial charge in [-0.05, 0) is 18.5 Å². The van der Waals surface area contributed by atoms with Gasteiger partial charge in [-0.15, -0.1) is 0 Å². The zero-order valence-electron chi connectivity index (χ0n) is 17.0. The van der Waals surface area contributed by atoms with Gasteiger partial charge < -0.3 is 19.7 Å². The second-order valence-corrected chi connectivity index (χ2v) is 7.56. The van der Waals surface area contributed by atoms with Gasteiger partial charge in [-0.1, -0.05) is 5.11 Å². The van der Waals surface area contributed by atoms with Crippen LogP contribution < -0.4 is 19.7 Å². The number of carbonyl (C=O) groups excluding carboxylic acids is 1. The van der Waals surface area contributed by atoms with Crippen LogP contribution in [0.1, 0.15) is 22.8 Å². The molecule has 2 atom stereocenters. The Morgan fingerprint density at radius 3 is 3.09 bits per heavy atom. The Bertz CT molecular complexity index is 1260. The first kappa shape index (κ1) is 19.8. The smallest absolute Gasteiger partial charge is 0.257 e. The molecule has 2 aliphatic rings. The Hall–Kier alpha value is -4.12. The Morgan fingerprint density at radius 2 is 2.25 bits per heavy atom. The van der Waals surface area contributed by atoms with Crippen molar-refractivity contribution in [2.45, 2.75) is 25.6 Å². The van der Waals surface area contributed by atoms with Crippen LogP contribution >= 0.6 is 0 Å². The summed E-state index contributed by atoms with van der Waals surface area (Å²) >= 11 is 0. The number of nitrogens with zero attached hydrogens (tertiary/aromatic N) is 8. The quantitative estimate of drug-likeness (QED) is 0.365. The van der Waals surface area contributed by atoms with Gasteiger partial charge in [0.05, 0.1) is 37.2 Å². The number of hydrogen-bond acceptors (Lipinski definition) is 8. The maximum atomic E-state index is 14.1. The summed E-state index contributed by atoms with van der Waals surface area (Å²) < 4.78 is 27.2. The first-order valence-electron chi connectivity index (χ1n) is 9.90. The van der Waals surface area contributed by atoms with Crippen LogP contribution in [0.3, 0.4) is 0 Å². The van der Waals surface area contributed by atoms with Crippen molar-refractivity contribution in [3.8, 4) is 11.6 Å². The van der Waals surface area contributed by atoms with Crippen LogP contribution in [-0.4, -0.2) is 57.3 Å². The molecular weight excluding hydrogens is 421 g/mol. The molecule has 0 saturated heterocycles. The van der Waals surface area contributed by atoms with Gasteiger partial charge >= 0.3 is 0 Å². The first-order valence-corrected chi connectivity index (χ1v) is 9.90. The van der Waals surface area contributed by atoms with Gasteiger partial charge in [0, 0.05) is 17.0 Å². The molecule has 5 rings (SSSR count). The lowest BCUT2D eigenvalue weighted by molar-refractivity contribution is 0.0927. The summed E-state index contributed by atoms with van der Waals surface area (Å²) in [5.74, 6) is 0.216. The summed E-state index contributed by atoms with van der Waals surface area (Å²) in [5, 5.41) is 10.7. The molecule has 0 fully saturated rings. The lowest BCUT2D eigenvalue weighted by Gasteiger charge is -2.37. The van der Waals surface area contributed by atoms with Crippen molar-refractivity contribution in [2.24, 2.45) is 5.11 Å². The fraction of sp³-hybridized carbons (Fsp3) is 0.368. The van der Waals surface area contributed by atoms with E-state index < -0.39 is 5.82 Å². The van der Waals surface area contributed by atoms with E-state index in [0.717, 1.165) is 6.20 Å². The number of anilines is 1. The summed E-state index contributed by atoms with van der Waals surface area (Å²) in [5.41, 5.74) is 9.92. The van der Waals surface area contributed by atoms with Crippen LogP contribution in [0, 0.1) is 5.82 Å². The topological polar surface area (TPSA) is 143 Å². The van der Waals surface area contributed by atoms with Crippen LogP contribution in [0.5, 0.6) is 11.6 Å². The van der Waals surface area contributed by atoms with E-state index in [9.17, 15) is 9.18 Å². The van der Waals surface area contributed by atoms with E-state index in [1.165, 1.54) is 16.8 Å². The molecule has 0 spiro atoms. The highest BCUT2D eigenvalue weighted by Gasteiger charge is 2.32. The molecule has 164 valence electrons. The van der Waals surface area contributed by atoms with E-state index in [2.05, 4.69) is 30.4 Å². The monoisotopic (exact) mass is 439 g/mol. The summed E-state index contributed by atoms with van der Waals surface area (Å²) in [6.45, 7) is 2.40. The van der Waals surface area contributed by atoms with Crippen molar-refractivity contribution in [3.63, 3.8) is 0 Å². The minimum absolute atomic E-state index is 0.103.